The molecule has 0 radical (unpaired) electrons. The van der Waals surface area contributed by atoms with Crippen LogP contribution in [-0.4, -0.2) is 69.1 Å². The highest BCUT2D eigenvalue weighted by Gasteiger charge is 2.33. The summed E-state index contributed by atoms with van der Waals surface area (Å²) in [6.07, 6.45) is 0.716. The summed E-state index contributed by atoms with van der Waals surface area (Å²) in [5.74, 6) is 0.803. The highest BCUT2D eigenvalue weighted by atomic mass is 32.2. The highest BCUT2D eigenvalue weighted by molar-refractivity contribution is 7.91. The zero-order valence-electron chi connectivity index (χ0n) is 13.6. The Labute approximate surface area is 141 Å². The summed E-state index contributed by atoms with van der Waals surface area (Å²) in [6, 6.07) is 5.01. The molecule has 0 aliphatic carbocycles. The second-order valence-corrected chi connectivity index (χ2v) is 8.42. The topological polar surface area (TPSA) is 93.0 Å². The molecule has 3 rings (SSSR count). The Morgan fingerprint density at radius 3 is 2.50 bits per heavy atom. The summed E-state index contributed by atoms with van der Waals surface area (Å²) in [6.45, 7) is 3.11. The quantitative estimate of drug-likeness (QED) is 0.585. The zero-order chi connectivity index (χ0) is 17.3. The number of ether oxygens (including phenoxy) is 1. The molecule has 2 heterocycles. The van der Waals surface area contributed by atoms with Gasteiger partial charge in [-0.25, -0.2) is 8.42 Å². The smallest absolute Gasteiger partial charge is 0.311 e. The van der Waals surface area contributed by atoms with E-state index in [0.29, 0.717) is 6.42 Å². The monoisotopic (exact) mass is 355 g/mol. The van der Waals surface area contributed by atoms with E-state index in [9.17, 15) is 18.5 Å². The van der Waals surface area contributed by atoms with Crippen molar-refractivity contribution in [3.05, 3.63) is 28.3 Å². The van der Waals surface area contributed by atoms with Crippen LogP contribution in [0.5, 0.6) is 5.75 Å². The Hall–Kier alpha value is -1.87. The van der Waals surface area contributed by atoms with Crippen molar-refractivity contribution in [2.45, 2.75) is 12.5 Å². The Bertz CT molecular complexity index is 729. The van der Waals surface area contributed by atoms with E-state index >= 15 is 0 Å². The lowest BCUT2D eigenvalue weighted by Gasteiger charge is -2.38. The lowest BCUT2D eigenvalue weighted by atomic mass is 10.1. The Kier molecular flexibility index (Phi) is 4.64. The first kappa shape index (κ1) is 17.0. The lowest BCUT2D eigenvalue weighted by molar-refractivity contribution is -0.385. The molecule has 2 aliphatic heterocycles. The van der Waals surface area contributed by atoms with E-state index in [1.54, 1.807) is 12.1 Å². The van der Waals surface area contributed by atoms with Crippen LogP contribution < -0.4 is 9.64 Å². The van der Waals surface area contributed by atoms with Crippen LogP contribution in [-0.2, 0) is 9.84 Å². The molecule has 0 aromatic heterocycles. The van der Waals surface area contributed by atoms with Gasteiger partial charge in [-0.2, -0.15) is 0 Å². The SMILES string of the molecule is COc1cc(N2CCN(C3CCS(=O)(=O)C3)CC2)ccc1[N+](=O)[O-]. The molecule has 132 valence electrons. The lowest BCUT2D eigenvalue weighted by Crippen LogP contribution is -2.50. The van der Waals surface area contributed by atoms with Crippen LogP contribution in [0.2, 0.25) is 0 Å². The van der Waals surface area contributed by atoms with Crippen molar-refractivity contribution < 1.29 is 18.1 Å². The Morgan fingerprint density at radius 2 is 1.96 bits per heavy atom. The number of nitro benzene ring substituents is 1. The van der Waals surface area contributed by atoms with Crippen LogP contribution in [0, 0.1) is 10.1 Å². The van der Waals surface area contributed by atoms with Crippen LogP contribution in [0.25, 0.3) is 0 Å². The predicted molar refractivity (Wildman–Crippen MR) is 90.5 cm³/mol. The molecule has 9 heteroatoms. The molecule has 1 atom stereocenters. The van der Waals surface area contributed by atoms with Gasteiger partial charge in [0.2, 0.25) is 0 Å². The number of sulfone groups is 1. The van der Waals surface area contributed by atoms with Crippen LogP contribution in [0.1, 0.15) is 6.42 Å². The number of nitro groups is 1. The van der Waals surface area contributed by atoms with Gasteiger partial charge in [0.1, 0.15) is 0 Å². The van der Waals surface area contributed by atoms with E-state index in [-0.39, 0.29) is 29.0 Å². The number of nitrogens with zero attached hydrogens (tertiary/aromatic N) is 3. The van der Waals surface area contributed by atoms with E-state index in [2.05, 4.69) is 9.80 Å². The minimum absolute atomic E-state index is 0.0453. The van der Waals surface area contributed by atoms with Crippen LogP contribution in [0.4, 0.5) is 11.4 Å². The van der Waals surface area contributed by atoms with Crippen molar-refractivity contribution in [1.82, 2.24) is 4.90 Å². The van der Waals surface area contributed by atoms with E-state index in [0.717, 1.165) is 31.9 Å². The van der Waals surface area contributed by atoms with E-state index in [1.165, 1.54) is 13.2 Å². The summed E-state index contributed by atoms with van der Waals surface area (Å²) in [4.78, 5) is 14.9. The largest absolute Gasteiger partial charge is 0.490 e. The number of piperazine rings is 1. The molecule has 0 spiro atoms. The standard InChI is InChI=1S/C15H21N3O5S/c1-23-15-10-12(2-3-14(15)18(19)20)16-5-7-17(8-6-16)13-4-9-24(21,22)11-13/h2-3,10,13H,4-9,11H2,1H3. The highest BCUT2D eigenvalue weighted by Crippen LogP contribution is 2.32. The average Bonchev–Trinajstić information content (AvgIpc) is 2.94. The number of benzene rings is 1. The zero-order valence-corrected chi connectivity index (χ0v) is 14.4. The Morgan fingerprint density at radius 1 is 1.25 bits per heavy atom. The third-order valence-electron chi connectivity index (χ3n) is 4.76. The molecular weight excluding hydrogens is 334 g/mol. The molecule has 1 aromatic carbocycles. The minimum atomic E-state index is -2.87. The molecule has 1 unspecified atom stereocenters. The molecule has 0 saturated carbocycles. The first-order valence-corrected chi connectivity index (χ1v) is 9.73. The first-order valence-electron chi connectivity index (χ1n) is 7.91. The van der Waals surface area contributed by atoms with Crippen LogP contribution in [0.15, 0.2) is 18.2 Å². The van der Waals surface area contributed by atoms with Gasteiger partial charge in [-0.1, -0.05) is 0 Å². The number of hydrogen-bond acceptors (Lipinski definition) is 7. The van der Waals surface area contributed by atoms with Gasteiger partial charge < -0.3 is 9.64 Å². The van der Waals surface area contributed by atoms with E-state index < -0.39 is 14.8 Å². The molecule has 1 aromatic rings. The molecule has 2 saturated heterocycles. The van der Waals surface area contributed by atoms with Crippen LogP contribution >= 0.6 is 0 Å². The van der Waals surface area contributed by atoms with Gasteiger partial charge in [-0.15, -0.1) is 0 Å². The number of hydrogen-bond donors (Lipinski definition) is 0. The molecule has 24 heavy (non-hydrogen) atoms. The third kappa shape index (κ3) is 3.46. The van der Waals surface area contributed by atoms with Crippen molar-refractivity contribution in [3.63, 3.8) is 0 Å². The summed E-state index contributed by atoms with van der Waals surface area (Å²) in [7, 11) is -1.45. The fourth-order valence-corrected chi connectivity index (χ4v) is 5.18. The molecule has 2 aliphatic rings. The molecule has 0 amide bonds. The van der Waals surface area contributed by atoms with Crippen molar-refractivity contribution in [2.24, 2.45) is 0 Å². The fraction of sp³-hybridized carbons (Fsp3) is 0.600. The van der Waals surface area contributed by atoms with E-state index in [4.69, 9.17) is 4.74 Å². The number of anilines is 1. The second kappa shape index (κ2) is 6.56. The fourth-order valence-electron chi connectivity index (χ4n) is 3.42. The normalized spacial score (nSPS) is 24.0. The van der Waals surface area contributed by atoms with Gasteiger partial charge >= 0.3 is 5.69 Å². The minimum Gasteiger partial charge on any atom is -0.490 e. The molecule has 8 nitrogen and oxygen atoms in total. The Balaban J connectivity index is 1.65. The van der Waals surface area contributed by atoms with Crippen molar-refractivity contribution in [1.29, 1.82) is 0 Å². The van der Waals surface area contributed by atoms with Crippen LogP contribution in [0.3, 0.4) is 0 Å². The molecular formula is C15H21N3O5S. The third-order valence-corrected chi connectivity index (χ3v) is 6.51. The van der Waals surface area contributed by atoms with Gasteiger partial charge in [0.05, 0.1) is 23.5 Å². The number of methoxy groups -OCH3 is 1. The predicted octanol–water partition coefficient (Wildman–Crippen LogP) is 0.912. The summed E-state index contributed by atoms with van der Waals surface area (Å²) in [5.41, 5.74) is 0.840. The molecule has 2 fully saturated rings. The maximum atomic E-state index is 11.6. The molecule has 0 N–H and O–H groups in total. The second-order valence-electron chi connectivity index (χ2n) is 6.19. The summed E-state index contributed by atoms with van der Waals surface area (Å²) < 4.78 is 28.4. The van der Waals surface area contributed by atoms with Crippen molar-refractivity contribution >= 4 is 21.2 Å². The maximum absolute atomic E-state index is 11.6. The van der Waals surface area contributed by atoms with Gasteiger partial charge in [-0.05, 0) is 12.5 Å². The van der Waals surface area contributed by atoms with Gasteiger partial charge in [0, 0.05) is 50.0 Å². The summed E-state index contributed by atoms with van der Waals surface area (Å²) in [5, 5.41) is 11.0. The van der Waals surface area contributed by atoms with Gasteiger partial charge in [0.15, 0.2) is 15.6 Å². The van der Waals surface area contributed by atoms with E-state index in [1.807, 2.05) is 0 Å². The first-order chi connectivity index (χ1) is 11.4. The molecule has 0 bridgehead atoms. The van der Waals surface area contributed by atoms with Gasteiger partial charge in [-0.3, -0.25) is 15.0 Å². The van der Waals surface area contributed by atoms with Crippen molar-refractivity contribution in [2.75, 3.05) is 49.7 Å². The summed E-state index contributed by atoms with van der Waals surface area (Å²) >= 11 is 0. The maximum Gasteiger partial charge on any atom is 0.311 e. The van der Waals surface area contributed by atoms with Gasteiger partial charge in [0.25, 0.3) is 0 Å². The average molecular weight is 355 g/mol. The number of rotatable bonds is 4. The van der Waals surface area contributed by atoms with Crippen molar-refractivity contribution in [3.8, 4) is 5.75 Å².